The van der Waals surface area contributed by atoms with Crippen molar-refractivity contribution in [1.29, 1.82) is 0 Å². The number of nitro groups is 1. The summed E-state index contributed by atoms with van der Waals surface area (Å²) in [4.78, 5) is 22.2. The Hall–Kier alpha value is -4.01. The fourth-order valence-electron chi connectivity index (χ4n) is 2.34. The van der Waals surface area contributed by atoms with Gasteiger partial charge in [-0.1, -0.05) is 0 Å². The highest BCUT2D eigenvalue weighted by molar-refractivity contribution is 5.95. The Kier molecular flexibility index (Phi) is 5.22. The number of carbonyl (C=O) groups excluding carboxylic acids is 1. The zero-order chi connectivity index (χ0) is 19.2. The van der Waals surface area contributed by atoms with Gasteiger partial charge in [0.15, 0.2) is 0 Å². The number of hydrogen-bond acceptors (Lipinski definition) is 6. The number of rotatable bonds is 6. The SMILES string of the molecule is COc1ccc(-c2[nH]ncc2C=NNC(=O)c2ccc([N+](=O)[O-])cc2)cc1. The first-order chi connectivity index (χ1) is 13.1. The molecule has 0 unspecified atom stereocenters. The Morgan fingerprint density at radius 3 is 2.56 bits per heavy atom. The number of aromatic nitrogens is 2. The van der Waals surface area contributed by atoms with Crippen LogP contribution in [0.3, 0.4) is 0 Å². The maximum Gasteiger partial charge on any atom is 0.271 e. The van der Waals surface area contributed by atoms with E-state index in [2.05, 4.69) is 20.7 Å². The first-order valence-electron chi connectivity index (χ1n) is 7.84. The lowest BCUT2D eigenvalue weighted by Crippen LogP contribution is -2.17. The molecule has 0 aliphatic rings. The van der Waals surface area contributed by atoms with E-state index in [-0.39, 0.29) is 11.3 Å². The van der Waals surface area contributed by atoms with Crippen LogP contribution in [0.15, 0.2) is 59.8 Å². The largest absolute Gasteiger partial charge is 0.497 e. The van der Waals surface area contributed by atoms with Crippen molar-refractivity contribution in [2.75, 3.05) is 7.11 Å². The molecule has 0 bridgehead atoms. The van der Waals surface area contributed by atoms with Crippen molar-refractivity contribution in [1.82, 2.24) is 15.6 Å². The minimum atomic E-state index is -0.528. The van der Waals surface area contributed by atoms with Crippen LogP contribution in [0.5, 0.6) is 5.75 Å². The first kappa shape index (κ1) is 17.8. The molecule has 2 aromatic carbocycles. The summed E-state index contributed by atoms with van der Waals surface area (Å²) in [5.74, 6) is 0.263. The molecule has 2 N–H and O–H groups in total. The third-order valence-corrected chi connectivity index (χ3v) is 3.76. The number of H-pyrrole nitrogens is 1. The van der Waals surface area contributed by atoms with E-state index in [1.807, 2.05) is 24.3 Å². The molecule has 1 heterocycles. The Labute approximate surface area is 153 Å². The molecule has 3 aromatic rings. The average Bonchev–Trinajstić information content (AvgIpc) is 3.16. The predicted molar refractivity (Wildman–Crippen MR) is 98.7 cm³/mol. The van der Waals surface area contributed by atoms with Gasteiger partial charge in [0.1, 0.15) is 5.75 Å². The third-order valence-electron chi connectivity index (χ3n) is 3.76. The smallest absolute Gasteiger partial charge is 0.271 e. The van der Waals surface area contributed by atoms with Crippen molar-refractivity contribution in [3.05, 3.63) is 76.0 Å². The van der Waals surface area contributed by atoms with Gasteiger partial charge in [0.05, 0.1) is 30.1 Å². The minimum Gasteiger partial charge on any atom is -0.497 e. The van der Waals surface area contributed by atoms with Crippen molar-refractivity contribution in [2.24, 2.45) is 5.10 Å². The summed E-state index contributed by atoms with van der Waals surface area (Å²) in [6.45, 7) is 0. The molecule has 0 saturated heterocycles. The molecule has 9 heteroatoms. The highest BCUT2D eigenvalue weighted by Crippen LogP contribution is 2.22. The fraction of sp³-hybridized carbons (Fsp3) is 0.0556. The highest BCUT2D eigenvalue weighted by atomic mass is 16.6. The van der Waals surface area contributed by atoms with Crippen molar-refractivity contribution < 1.29 is 14.5 Å². The van der Waals surface area contributed by atoms with Crippen LogP contribution in [0, 0.1) is 10.1 Å². The van der Waals surface area contributed by atoms with E-state index in [0.717, 1.165) is 17.0 Å². The maximum atomic E-state index is 12.0. The molecule has 9 nitrogen and oxygen atoms in total. The summed E-state index contributed by atoms with van der Waals surface area (Å²) >= 11 is 0. The number of carbonyl (C=O) groups is 1. The topological polar surface area (TPSA) is 123 Å². The Morgan fingerprint density at radius 1 is 1.22 bits per heavy atom. The van der Waals surface area contributed by atoms with Crippen LogP contribution >= 0.6 is 0 Å². The summed E-state index contributed by atoms with van der Waals surface area (Å²) in [6.07, 6.45) is 3.05. The highest BCUT2D eigenvalue weighted by Gasteiger charge is 2.09. The number of hydrazone groups is 1. The second-order valence-electron chi connectivity index (χ2n) is 5.43. The predicted octanol–water partition coefficient (Wildman–Crippen LogP) is 2.76. The second-order valence-corrected chi connectivity index (χ2v) is 5.43. The molecule has 0 fully saturated rings. The molecule has 0 spiro atoms. The molecule has 0 aliphatic carbocycles. The van der Waals surface area contributed by atoms with E-state index in [4.69, 9.17) is 4.74 Å². The van der Waals surface area contributed by atoms with Crippen LogP contribution < -0.4 is 10.2 Å². The summed E-state index contributed by atoms with van der Waals surface area (Å²) in [5.41, 5.74) is 4.87. The van der Waals surface area contributed by atoms with Gasteiger partial charge in [0, 0.05) is 28.8 Å². The lowest BCUT2D eigenvalue weighted by Gasteiger charge is -2.03. The molecule has 136 valence electrons. The molecule has 1 amide bonds. The number of nitro benzene ring substituents is 1. The quantitative estimate of drug-likeness (QED) is 0.395. The van der Waals surface area contributed by atoms with E-state index in [1.165, 1.54) is 30.5 Å². The fourth-order valence-corrected chi connectivity index (χ4v) is 2.34. The zero-order valence-corrected chi connectivity index (χ0v) is 14.2. The standard InChI is InChI=1S/C18H15N5O4/c1-27-16-8-4-12(5-9-16)17-14(10-19-21-17)11-20-22-18(24)13-2-6-15(7-3-13)23(25)26/h2-11H,1H3,(H,19,21)(H,22,24). The van der Waals surface area contributed by atoms with Gasteiger partial charge < -0.3 is 4.74 Å². The Morgan fingerprint density at radius 2 is 1.93 bits per heavy atom. The molecule has 0 radical (unpaired) electrons. The number of nitrogens with zero attached hydrogens (tertiary/aromatic N) is 3. The van der Waals surface area contributed by atoms with Crippen LogP contribution in [-0.2, 0) is 0 Å². The average molecular weight is 365 g/mol. The van der Waals surface area contributed by atoms with Gasteiger partial charge in [-0.05, 0) is 36.4 Å². The summed E-state index contributed by atoms with van der Waals surface area (Å²) in [7, 11) is 1.59. The van der Waals surface area contributed by atoms with E-state index >= 15 is 0 Å². The van der Waals surface area contributed by atoms with Crippen molar-refractivity contribution in [3.63, 3.8) is 0 Å². The van der Waals surface area contributed by atoms with Gasteiger partial charge in [0.25, 0.3) is 11.6 Å². The van der Waals surface area contributed by atoms with E-state index in [9.17, 15) is 14.9 Å². The molecule has 1 aromatic heterocycles. The molecular weight excluding hydrogens is 350 g/mol. The number of aromatic amines is 1. The molecular formula is C18H15N5O4. The van der Waals surface area contributed by atoms with Crippen molar-refractivity contribution in [2.45, 2.75) is 0 Å². The summed E-state index contributed by atoms with van der Waals surface area (Å²) in [5, 5.41) is 21.4. The number of methoxy groups -OCH3 is 1. The van der Waals surface area contributed by atoms with Crippen molar-refractivity contribution in [3.8, 4) is 17.0 Å². The van der Waals surface area contributed by atoms with Crippen LogP contribution in [-0.4, -0.2) is 34.4 Å². The van der Waals surface area contributed by atoms with E-state index < -0.39 is 10.8 Å². The minimum absolute atomic E-state index is 0.0856. The normalized spacial score (nSPS) is 10.7. The number of benzene rings is 2. The number of hydrogen-bond donors (Lipinski definition) is 2. The number of ether oxygens (including phenoxy) is 1. The van der Waals surface area contributed by atoms with Crippen LogP contribution in [0.1, 0.15) is 15.9 Å². The van der Waals surface area contributed by atoms with Gasteiger partial charge in [-0.25, -0.2) is 5.43 Å². The zero-order valence-electron chi connectivity index (χ0n) is 14.2. The van der Waals surface area contributed by atoms with Crippen LogP contribution in [0.25, 0.3) is 11.3 Å². The van der Waals surface area contributed by atoms with E-state index in [1.54, 1.807) is 13.3 Å². The van der Waals surface area contributed by atoms with Gasteiger partial charge in [0.2, 0.25) is 0 Å². The number of nitrogens with one attached hydrogen (secondary N) is 2. The summed E-state index contributed by atoms with van der Waals surface area (Å²) < 4.78 is 5.13. The molecule has 0 atom stereocenters. The van der Waals surface area contributed by atoms with E-state index in [0.29, 0.717) is 5.56 Å². The van der Waals surface area contributed by atoms with Crippen LogP contribution in [0.2, 0.25) is 0 Å². The maximum absolute atomic E-state index is 12.0. The van der Waals surface area contributed by atoms with Gasteiger partial charge in [-0.2, -0.15) is 10.2 Å². The van der Waals surface area contributed by atoms with Gasteiger partial charge in [-0.3, -0.25) is 20.0 Å². The number of non-ortho nitro benzene ring substituents is 1. The summed E-state index contributed by atoms with van der Waals surface area (Å²) in [6, 6.07) is 12.7. The molecule has 3 rings (SSSR count). The third kappa shape index (κ3) is 4.15. The van der Waals surface area contributed by atoms with Gasteiger partial charge >= 0.3 is 0 Å². The lowest BCUT2D eigenvalue weighted by atomic mass is 10.1. The first-order valence-corrected chi connectivity index (χ1v) is 7.84. The molecule has 0 aliphatic heterocycles. The molecule has 0 saturated carbocycles. The number of amides is 1. The van der Waals surface area contributed by atoms with Crippen LogP contribution in [0.4, 0.5) is 5.69 Å². The lowest BCUT2D eigenvalue weighted by molar-refractivity contribution is -0.384. The monoisotopic (exact) mass is 365 g/mol. The molecule has 27 heavy (non-hydrogen) atoms. The van der Waals surface area contributed by atoms with Crippen molar-refractivity contribution >= 4 is 17.8 Å². The second kappa shape index (κ2) is 7.91. The Balaban J connectivity index is 1.69. The van der Waals surface area contributed by atoms with Gasteiger partial charge in [-0.15, -0.1) is 0 Å². The Bertz CT molecular complexity index is 978.